The third-order valence-electron chi connectivity index (χ3n) is 3.09. The molecule has 1 heterocycles. The molecule has 0 spiro atoms. The second-order valence-corrected chi connectivity index (χ2v) is 6.18. The summed E-state index contributed by atoms with van der Waals surface area (Å²) >= 11 is 1.88. The van der Waals surface area contributed by atoms with Gasteiger partial charge in [-0.1, -0.05) is 6.92 Å². The van der Waals surface area contributed by atoms with E-state index in [2.05, 4.69) is 5.32 Å². The van der Waals surface area contributed by atoms with Gasteiger partial charge in [-0.05, 0) is 6.42 Å². The molecule has 0 aromatic carbocycles. The summed E-state index contributed by atoms with van der Waals surface area (Å²) in [5.74, 6) is 2.15. The van der Waals surface area contributed by atoms with Crippen LogP contribution in [0.1, 0.15) is 19.8 Å². The van der Waals surface area contributed by atoms with Crippen LogP contribution in [0.5, 0.6) is 0 Å². The Labute approximate surface area is 132 Å². The summed E-state index contributed by atoms with van der Waals surface area (Å²) in [6, 6.07) is 0.250. The van der Waals surface area contributed by atoms with Crippen molar-refractivity contribution in [2.24, 2.45) is 0 Å². The summed E-state index contributed by atoms with van der Waals surface area (Å²) in [6.45, 7) is 3.83. The molecule has 20 heavy (non-hydrogen) atoms. The number of halogens is 1. The van der Waals surface area contributed by atoms with Gasteiger partial charge in [0.2, 0.25) is 11.8 Å². The van der Waals surface area contributed by atoms with E-state index in [4.69, 9.17) is 0 Å². The molecular formula is C13H26ClN3O2S. The van der Waals surface area contributed by atoms with Gasteiger partial charge in [-0.15, -0.1) is 12.4 Å². The van der Waals surface area contributed by atoms with Crippen molar-refractivity contribution < 1.29 is 9.59 Å². The SMILES string of the molecule is CCCN(CC(=O)N(C)C)C(=O)CC1CSCCN1.Cl. The molecule has 1 rings (SSSR count). The van der Waals surface area contributed by atoms with Crippen LogP contribution >= 0.6 is 24.2 Å². The molecule has 0 saturated carbocycles. The highest BCUT2D eigenvalue weighted by atomic mass is 35.5. The Hall–Kier alpha value is -0.460. The Bertz CT molecular complexity index is 310. The van der Waals surface area contributed by atoms with E-state index in [0.717, 1.165) is 24.5 Å². The van der Waals surface area contributed by atoms with E-state index in [9.17, 15) is 9.59 Å². The largest absolute Gasteiger partial charge is 0.347 e. The summed E-state index contributed by atoms with van der Waals surface area (Å²) in [5, 5.41) is 3.36. The number of nitrogens with zero attached hydrogens (tertiary/aromatic N) is 2. The lowest BCUT2D eigenvalue weighted by molar-refractivity contribution is -0.139. The molecule has 2 amide bonds. The number of rotatable bonds is 6. The first kappa shape index (κ1) is 19.5. The van der Waals surface area contributed by atoms with Gasteiger partial charge in [0, 0.05) is 51.2 Å². The molecule has 1 unspecified atom stereocenters. The maximum absolute atomic E-state index is 12.3. The molecule has 0 aromatic heterocycles. The van der Waals surface area contributed by atoms with Gasteiger partial charge in [-0.3, -0.25) is 9.59 Å². The number of carbonyl (C=O) groups is 2. The number of carbonyl (C=O) groups excluding carboxylic acids is 2. The fourth-order valence-electron chi connectivity index (χ4n) is 1.96. The first-order chi connectivity index (χ1) is 9.04. The molecular weight excluding hydrogens is 298 g/mol. The van der Waals surface area contributed by atoms with E-state index >= 15 is 0 Å². The van der Waals surface area contributed by atoms with Crippen molar-refractivity contribution in [3.05, 3.63) is 0 Å². The Balaban J connectivity index is 0.00000361. The predicted octanol–water partition coefficient (Wildman–Crippen LogP) is 0.830. The van der Waals surface area contributed by atoms with Crippen LogP contribution in [0.15, 0.2) is 0 Å². The van der Waals surface area contributed by atoms with Crippen molar-refractivity contribution in [1.29, 1.82) is 0 Å². The Morgan fingerprint density at radius 1 is 1.30 bits per heavy atom. The topological polar surface area (TPSA) is 52.7 Å². The molecule has 1 aliphatic rings. The Kier molecular flexibility index (Phi) is 10.1. The summed E-state index contributed by atoms with van der Waals surface area (Å²) in [5.41, 5.74) is 0. The Morgan fingerprint density at radius 3 is 2.50 bits per heavy atom. The molecule has 7 heteroatoms. The van der Waals surface area contributed by atoms with Crippen LogP contribution in [-0.4, -0.2) is 72.9 Å². The molecule has 1 atom stereocenters. The van der Waals surface area contributed by atoms with Gasteiger partial charge in [-0.25, -0.2) is 0 Å². The lowest BCUT2D eigenvalue weighted by Gasteiger charge is -2.27. The van der Waals surface area contributed by atoms with Crippen LogP contribution in [-0.2, 0) is 9.59 Å². The van der Waals surface area contributed by atoms with Gasteiger partial charge >= 0.3 is 0 Å². The maximum atomic E-state index is 12.3. The van der Waals surface area contributed by atoms with E-state index < -0.39 is 0 Å². The second kappa shape index (κ2) is 10.3. The van der Waals surface area contributed by atoms with E-state index in [1.54, 1.807) is 19.0 Å². The summed E-state index contributed by atoms with van der Waals surface area (Å²) in [6.07, 6.45) is 1.37. The van der Waals surface area contributed by atoms with Crippen LogP contribution in [0.4, 0.5) is 0 Å². The minimum absolute atomic E-state index is 0. The first-order valence-corrected chi connectivity index (χ1v) is 7.99. The van der Waals surface area contributed by atoms with E-state index in [0.29, 0.717) is 13.0 Å². The standard InChI is InChI=1S/C13H25N3O2S.ClH/c1-4-6-16(9-13(18)15(2)3)12(17)8-11-10-19-7-5-14-11;/h11,14H,4-10H2,1-3H3;1H. The molecule has 1 N–H and O–H groups in total. The molecule has 0 aromatic rings. The number of thioether (sulfide) groups is 1. The number of amides is 2. The molecule has 1 saturated heterocycles. The molecule has 1 fully saturated rings. The zero-order valence-corrected chi connectivity index (χ0v) is 14.2. The maximum Gasteiger partial charge on any atom is 0.241 e. The number of nitrogens with one attached hydrogen (secondary N) is 1. The summed E-state index contributed by atoms with van der Waals surface area (Å²) < 4.78 is 0. The van der Waals surface area contributed by atoms with Crippen LogP contribution in [0.2, 0.25) is 0 Å². The van der Waals surface area contributed by atoms with Crippen molar-refractivity contribution >= 4 is 36.0 Å². The zero-order chi connectivity index (χ0) is 14.3. The molecule has 118 valence electrons. The smallest absolute Gasteiger partial charge is 0.241 e. The predicted molar refractivity (Wildman–Crippen MR) is 86.5 cm³/mol. The van der Waals surface area contributed by atoms with Gasteiger partial charge in [0.25, 0.3) is 0 Å². The second-order valence-electron chi connectivity index (χ2n) is 5.03. The fourth-order valence-corrected chi connectivity index (χ4v) is 2.91. The number of hydrogen-bond acceptors (Lipinski definition) is 4. The van der Waals surface area contributed by atoms with Crippen LogP contribution in [0.25, 0.3) is 0 Å². The van der Waals surface area contributed by atoms with Gasteiger partial charge in [-0.2, -0.15) is 11.8 Å². The van der Waals surface area contributed by atoms with Gasteiger partial charge in [0.15, 0.2) is 0 Å². The molecule has 1 aliphatic heterocycles. The highest BCUT2D eigenvalue weighted by Crippen LogP contribution is 2.11. The third-order valence-corrected chi connectivity index (χ3v) is 4.22. The highest BCUT2D eigenvalue weighted by molar-refractivity contribution is 7.99. The normalized spacial score (nSPS) is 18.1. The first-order valence-electron chi connectivity index (χ1n) is 6.83. The van der Waals surface area contributed by atoms with Crippen LogP contribution < -0.4 is 5.32 Å². The summed E-state index contributed by atoms with van der Waals surface area (Å²) in [4.78, 5) is 27.2. The molecule has 0 radical (unpaired) electrons. The molecule has 5 nitrogen and oxygen atoms in total. The number of hydrogen-bond donors (Lipinski definition) is 1. The van der Waals surface area contributed by atoms with E-state index in [-0.39, 0.29) is 36.8 Å². The minimum Gasteiger partial charge on any atom is -0.347 e. The van der Waals surface area contributed by atoms with E-state index in [1.807, 2.05) is 18.7 Å². The van der Waals surface area contributed by atoms with Crippen molar-refractivity contribution in [3.63, 3.8) is 0 Å². The molecule has 0 bridgehead atoms. The summed E-state index contributed by atoms with van der Waals surface area (Å²) in [7, 11) is 3.44. The average Bonchev–Trinajstić information content (AvgIpc) is 2.39. The number of likely N-dealkylation sites (N-methyl/N-ethyl adjacent to an activating group) is 1. The van der Waals surface area contributed by atoms with Gasteiger partial charge < -0.3 is 15.1 Å². The van der Waals surface area contributed by atoms with Gasteiger partial charge in [0.1, 0.15) is 0 Å². The van der Waals surface area contributed by atoms with Crippen molar-refractivity contribution in [2.75, 3.05) is 45.2 Å². The lowest BCUT2D eigenvalue weighted by Crippen LogP contribution is -2.45. The van der Waals surface area contributed by atoms with E-state index in [1.165, 1.54) is 4.90 Å². The van der Waals surface area contributed by atoms with Crippen molar-refractivity contribution in [2.45, 2.75) is 25.8 Å². The van der Waals surface area contributed by atoms with Crippen LogP contribution in [0, 0.1) is 0 Å². The highest BCUT2D eigenvalue weighted by Gasteiger charge is 2.22. The average molecular weight is 324 g/mol. The Morgan fingerprint density at radius 2 is 2.00 bits per heavy atom. The molecule has 0 aliphatic carbocycles. The minimum atomic E-state index is -0.0206. The monoisotopic (exact) mass is 323 g/mol. The fraction of sp³-hybridized carbons (Fsp3) is 0.846. The third kappa shape index (κ3) is 6.81. The van der Waals surface area contributed by atoms with Gasteiger partial charge in [0.05, 0.1) is 6.54 Å². The lowest BCUT2D eigenvalue weighted by atomic mass is 10.2. The quantitative estimate of drug-likeness (QED) is 0.786. The van der Waals surface area contributed by atoms with Crippen molar-refractivity contribution in [3.8, 4) is 0 Å². The zero-order valence-electron chi connectivity index (χ0n) is 12.6. The van der Waals surface area contributed by atoms with Crippen molar-refractivity contribution in [1.82, 2.24) is 15.1 Å². The van der Waals surface area contributed by atoms with Crippen LogP contribution in [0.3, 0.4) is 0 Å².